The quantitative estimate of drug-likeness (QED) is 0.454. The number of hydrogen-bond acceptors (Lipinski definition) is 5. The number of carbonyl (C=O) groups is 2. The number of nitrogens with zero attached hydrogens (tertiary/aromatic N) is 2. The predicted molar refractivity (Wildman–Crippen MR) is 137 cm³/mol. The number of likely N-dealkylation sites (tertiary alicyclic amines) is 1. The zero-order chi connectivity index (χ0) is 25.2. The maximum Gasteiger partial charge on any atom is 0.225 e. The zero-order valence-electron chi connectivity index (χ0n) is 20.6. The number of pyridine rings is 1. The largest absolute Gasteiger partial charge is 0.493 e. The maximum absolute atomic E-state index is 12.9. The maximum atomic E-state index is 12.9. The smallest absolute Gasteiger partial charge is 0.225 e. The van der Waals surface area contributed by atoms with Crippen LogP contribution < -0.4 is 14.8 Å². The second-order valence-electron chi connectivity index (χ2n) is 8.98. The third kappa shape index (κ3) is 7.31. The molecule has 1 aromatic heterocycles. The van der Waals surface area contributed by atoms with Crippen molar-refractivity contribution < 1.29 is 19.1 Å². The van der Waals surface area contributed by atoms with Crippen LogP contribution in [0.3, 0.4) is 0 Å². The molecule has 1 atom stereocenters. The molecule has 0 bridgehead atoms. The summed E-state index contributed by atoms with van der Waals surface area (Å²) in [6, 6.07) is 22.8. The van der Waals surface area contributed by atoms with Crippen LogP contribution in [0, 0.1) is 5.92 Å². The lowest BCUT2D eigenvalue weighted by Gasteiger charge is -2.32. The van der Waals surface area contributed by atoms with Crippen molar-refractivity contribution in [2.75, 3.05) is 19.7 Å². The van der Waals surface area contributed by atoms with Gasteiger partial charge >= 0.3 is 0 Å². The average molecular weight is 488 g/mol. The van der Waals surface area contributed by atoms with Gasteiger partial charge in [0.05, 0.1) is 24.8 Å². The molecule has 36 heavy (non-hydrogen) atoms. The van der Waals surface area contributed by atoms with Gasteiger partial charge in [0.25, 0.3) is 0 Å². The van der Waals surface area contributed by atoms with E-state index in [2.05, 4.69) is 10.3 Å². The van der Waals surface area contributed by atoms with E-state index < -0.39 is 0 Å². The minimum Gasteiger partial charge on any atom is -0.493 e. The van der Waals surface area contributed by atoms with Gasteiger partial charge < -0.3 is 19.7 Å². The summed E-state index contributed by atoms with van der Waals surface area (Å²) in [5.41, 5.74) is 1.84. The first kappa shape index (κ1) is 25.2. The molecule has 0 radical (unpaired) electrons. The molecule has 1 aliphatic rings. The molecule has 1 saturated heterocycles. The summed E-state index contributed by atoms with van der Waals surface area (Å²) in [6.07, 6.45) is 3.41. The van der Waals surface area contributed by atoms with Crippen molar-refractivity contribution in [3.05, 3.63) is 90.3 Å². The molecule has 1 fully saturated rings. The second-order valence-corrected chi connectivity index (χ2v) is 8.98. The van der Waals surface area contributed by atoms with Crippen LogP contribution in [0.25, 0.3) is 0 Å². The summed E-state index contributed by atoms with van der Waals surface area (Å²) in [6.45, 7) is 3.90. The lowest BCUT2D eigenvalue weighted by molar-refractivity contribution is -0.136. The first-order chi connectivity index (χ1) is 17.6. The summed E-state index contributed by atoms with van der Waals surface area (Å²) in [5, 5.41) is 3.13. The van der Waals surface area contributed by atoms with Crippen molar-refractivity contribution in [2.45, 2.75) is 38.8 Å². The van der Waals surface area contributed by atoms with E-state index in [0.717, 1.165) is 22.8 Å². The van der Waals surface area contributed by atoms with Crippen molar-refractivity contribution in [3.63, 3.8) is 0 Å². The Bertz CT molecular complexity index is 1120. The highest BCUT2D eigenvalue weighted by Gasteiger charge is 2.28. The highest BCUT2D eigenvalue weighted by atomic mass is 16.5. The van der Waals surface area contributed by atoms with Crippen molar-refractivity contribution in [1.82, 2.24) is 15.2 Å². The number of hydrogen-bond donors (Lipinski definition) is 1. The molecule has 1 aliphatic heterocycles. The molecular weight excluding hydrogens is 454 g/mol. The van der Waals surface area contributed by atoms with Crippen molar-refractivity contribution in [1.29, 1.82) is 0 Å². The Morgan fingerprint density at radius 3 is 2.47 bits per heavy atom. The third-order valence-electron chi connectivity index (χ3n) is 6.38. The molecule has 188 valence electrons. The molecule has 0 spiro atoms. The number of amides is 2. The summed E-state index contributed by atoms with van der Waals surface area (Å²) < 4.78 is 11.5. The van der Waals surface area contributed by atoms with Crippen LogP contribution in [0.4, 0.5) is 0 Å². The number of nitrogens with one attached hydrogen (secondary N) is 1. The summed E-state index contributed by atoms with van der Waals surface area (Å²) >= 11 is 0. The fourth-order valence-corrected chi connectivity index (χ4v) is 4.25. The Labute approximate surface area is 212 Å². The minimum atomic E-state index is -0.148. The molecule has 2 amide bonds. The number of rotatable bonds is 10. The molecule has 0 saturated carbocycles. The highest BCUT2D eigenvalue weighted by Crippen LogP contribution is 2.23. The van der Waals surface area contributed by atoms with Gasteiger partial charge in [-0.25, -0.2) is 0 Å². The van der Waals surface area contributed by atoms with Crippen LogP contribution in [-0.2, 0) is 16.2 Å². The van der Waals surface area contributed by atoms with Gasteiger partial charge in [-0.2, -0.15) is 0 Å². The van der Waals surface area contributed by atoms with Crippen LogP contribution in [0.15, 0.2) is 79.0 Å². The zero-order valence-corrected chi connectivity index (χ0v) is 20.6. The topological polar surface area (TPSA) is 80.8 Å². The van der Waals surface area contributed by atoms with Crippen molar-refractivity contribution in [3.8, 4) is 11.5 Å². The Hall–Kier alpha value is -3.87. The van der Waals surface area contributed by atoms with E-state index in [0.29, 0.717) is 45.6 Å². The van der Waals surface area contributed by atoms with Crippen LogP contribution in [0.2, 0.25) is 0 Å². The van der Waals surface area contributed by atoms with E-state index in [4.69, 9.17) is 9.47 Å². The Morgan fingerprint density at radius 2 is 1.72 bits per heavy atom. The number of piperidine rings is 1. The molecule has 3 aromatic rings. The minimum absolute atomic E-state index is 0.0295. The van der Waals surface area contributed by atoms with Crippen LogP contribution >= 0.6 is 0 Å². The molecule has 2 heterocycles. The number of carbonyl (C=O) groups excluding carboxylic acids is 2. The van der Waals surface area contributed by atoms with Gasteiger partial charge in [-0.3, -0.25) is 14.6 Å². The predicted octanol–water partition coefficient (Wildman–Crippen LogP) is 4.55. The summed E-state index contributed by atoms with van der Waals surface area (Å²) in [4.78, 5) is 31.6. The van der Waals surface area contributed by atoms with Gasteiger partial charge in [0.1, 0.15) is 18.1 Å². The van der Waals surface area contributed by atoms with E-state index in [-0.39, 0.29) is 23.8 Å². The van der Waals surface area contributed by atoms with E-state index in [1.54, 1.807) is 6.20 Å². The number of para-hydroxylation sites is 1. The standard InChI is InChI=1S/C29H33N3O4/c1-22(24-8-7-12-27(20-24)36-21-25-9-5-6-16-30-25)31-29(34)23-13-17-32(18-14-23)28(33)15-19-35-26-10-3-2-4-11-26/h2-12,16,20,22-23H,13-15,17-19,21H2,1H3,(H,31,34). The van der Waals surface area contributed by atoms with Crippen LogP contribution in [0.1, 0.15) is 43.5 Å². The van der Waals surface area contributed by atoms with Gasteiger partial charge in [0.2, 0.25) is 11.8 Å². The average Bonchev–Trinajstić information content (AvgIpc) is 2.93. The van der Waals surface area contributed by atoms with E-state index in [1.165, 1.54) is 0 Å². The molecule has 1 unspecified atom stereocenters. The molecule has 4 rings (SSSR count). The molecular formula is C29H33N3O4. The molecule has 2 aromatic carbocycles. The third-order valence-corrected chi connectivity index (χ3v) is 6.38. The fraction of sp³-hybridized carbons (Fsp3) is 0.345. The van der Waals surface area contributed by atoms with Crippen molar-refractivity contribution >= 4 is 11.8 Å². The van der Waals surface area contributed by atoms with E-state index in [9.17, 15) is 9.59 Å². The van der Waals surface area contributed by atoms with Gasteiger partial charge in [0, 0.05) is 25.2 Å². The molecule has 0 aliphatic carbocycles. The van der Waals surface area contributed by atoms with E-state index >= 15 is 0 Å². The number of aromatic nitrogens is 1. The van der Waals surface area contributed by atoms with Gasteiger partial charge in [0.15, 0.2) is 0 Å². The normalized spacial score (nSPS) is 14.6. The van der Waals surface area contributed by atoms with Gasteiger partial charge in [-0.1, -0.05) is 36.4 Å². The van der Waals surface area contributed by atoms with Gasteiger partial charge in [-0.15, -0.1) is 0 Å². The highest BCUT2D eigenvalue weighted by molar-refractivity contribution is 5.80. The Morgan fingerprint density at radius 1 is 0.972 bits per heavy atom. The van der Waals surface area contributed by atoms with Crippen molar-refractivity contribution in [2.24, 2.45) is 5.92 Å². The lowest BCUT2D eigenvalue weighted by atomic mass is 9.95. The fourth-order valence-electron chi connectivity index (χ4n) is 4.25. The van der Waals surface area contributed by atoms with E-state index in [1.807, 2.05) is 84.6 Å². The second kappa shape index (κ2) is 12.7. The monoisotopic (exact) mass is 487 g/mol. The van der Waals surface area contributed by atoms with Crippen LogP contribution in [-0.4, -0.2) is 41.4 Å². The molecule has 7 nitrogen and oxygen atoms in total. The number of ether oxygens (including phenoxy) is 2. The first-order valence-corrected chi connectivity index (χ1v) is 12.5. The lowest BCUT2D eigenvalue weighted by Crippen LogP contribution is -2.43. The Kier molecular flexibility index (Phi) is 8.92. The first-order valence-electron chi connectivity index (χ1n) is 12.5. The molecule has 1 N–H and O–H groups in total. The number of benzene rings is 2. The Balaban J connectivity index is 1.19. The summed E-state index contributed by atoms with van der Waals surface area (Å²) in [7, 11) is 0. The van der Waals surface area contributed by atoms with Gasteiger partial charge in [-0.05, 0) is 61.7 Å². The SMILES string of the molecule is CC(NC(=O)C1CCN(C(=O)CCOc2ccccc2)CC1)c1cccc(OCc2ccccn2)c1. The van der Waals surface area contributed by atoms with Crippen LogP contribution in [0.5, 0.6) is 11.5 Å². The molecule has 7 heteroatoms. The summed E-state index contributed by atoms with van der Waals surface area (Å²) in [5.74, 6) is 1.51.